The number of fused-ring (bicyclic) bond motifs is 1. The maximum atomic E-state index is 12.8. The van der Waals surface area contributed by atoms with Gasteiger partial charge in [-0.2, -0.15) is 18.3 Å². The summed E-state index contributed by atoms with van der Waals surface area (Å²) in [5, 5.41) is 11.7. The van der Waals surface area contributed by atoms with Crippen LogP contribution in [0, 0.1) is 0 Å². The molecule has 158 valence electrons. The second-order valence-corrected chi connectivity index (χ2v) is 6.62. The Bertz CT molecular complexity index is 1240. The van der Waals surface area contributed by atoms with Crippen molar-refractivity contribution in [2.24, 2.45) is 0 Å². The second kappa shape index (κ2) is 8.11. The van der Waals surface area contributed by atoms with Gasteiger partial charge in [-0.05, 0) is 42.5 Å². The van der Waals surface area contributed by atoms with Gasteiger partial charge in [-0.15, -0.1) is 0 Å². The highest BCUT2D eigenvalue weighted by molar-refractivity contribution is 6.31. The second-order valence-electron chi connectivity index (χ2n) is 6.21. The van der Waals surface area contributed by atoms with Gasteiger partial charge >= 0.3 is 12.2 Å². The van der Waals surface area contributed by atoms with Crippen molar-refractivity contribution in [1.82, 2.24) is 20.2 Å². The monoisotopic (exact) mass is 448 g/mol. The molecule has 2 heterocycles. The third-order valence-corrected chi connectivity index (χ3v) is 4.38. The number of aromatic amines is 1. The van der Waals surface area contributed by atoms with E-state index in [0.717, 1.165) is 18.2 Å². The average molecular weight is 449 g/mol. The Morgan fingerprint density at radius 3 is 2.45 bits per heavy atom. The van der Waals surface area contributed by atoms with E-state index >= 15 is 0 Å². The number of alkyl halides is 3. The Balaban J connectivity index is 1.39. The van der Waals surface area contributed by atoms with Gasteiger partial charge in [0.2, 0.25) is 5.88 Å². The highest BCUT2D eigenvalue weighted by atomic mass is 35.5. The first-order valence-corrected chi connectivity index (χ1v) is 9.04. The number of aromatic nitrogens is 4. The van der Waals surface area contributed by atoms with Crippen LogP contribution in [-0.2, 0) is 6.18 Å². The number of hydrogen-bond donors (Lipinski definition) is 3. The standard InChI is InChI=1S/C19H12ClF3N6O2/c20-15-7-11(3-6-14(15)19(21,22)23)28-18(30)27-10-1-4-12(5-2-10)31-17-13-8-26-29-16(13)24-9-25-17/h1-9H,(H2,27,28,30)(H,24,25,26,29). The fraction of sp³-hybridized carbons (Fsp3) is 0.0526. The summed E-state index contributed by atoms with van der Waals surface area (Å²) in [7, 11) is 0. The van der Waals surface area contributed by atoms with Crippen molar-refractivity contribution in [3.8, 4) is 11.6 Å². The molecule has 8 nitrogen and oxygen atoms in total. The van der Waals surface area contributed by atoms with Gasteiger partial charge in [-0.1, -0.05) is 11.6 Å². The quantitative estimate of drug-likeness (QED) is 0.384. The van der Waals surface area contributed by atoms with Gasteiger partial charge in [-0.25, -0.2) is 14.8 Å². The molecule has 0 aliphatic heterocycles. The van der Waals surface area contributed by atoms with Crippen molar-refractivity contribution in [3.05, 3.63) is 65.6 Å². The number of benzene rings is 2. The molecule has 0 saturated heterocycles. The number of amides is 2. The number of urea groups is 1. The van der Waals surface area contributed by atoms with Gasteiger partial charge < -0.3 is 15.4 Å². The van der Waals surface area contributed by atoms with Crippen molar-refractivity contribution >= 4 is 40.0 Å². The van der Waals surface area contributed by atoms with E-state index in [1.807, 2.05) is 0 Å². The lowest BCUT2D eigenvalue weighted by Crippen LogP contribution is -2.19. The molecule has 0 saturated carbocycles. The van der Waals surface area contributed by atoms with Crippen LogP contribution >= 0.6 is 11.6 Å². The number of halogens is 4. The Labute approximate surface area is 177 Å². The lowest BCUT2D eigenvalue weighted by molar-refractivity contribution is -0.137. The summed E-state index contributed by atoms with van der Waals surface area (Å²) in [6.45, 7) is 0. The summed E-state index contributed by atoms with van der Waals surface area (Å²) >= 11 is 5.65. The van der Waals surface area contributed by atoms with Crippen LogP contribution in [0.25, 0.3) is 11.0 Å². The summed E-state index contributed by atoms with van der Waals surface area (Å²) in [5.41, 5.74) is 0.0952. The van der Waals surface area contributed by atoms with E-state index < -0.39 is 22.8 Å². The minimum atomic E-state index is -4.57. The number of nitrogens with zero attached hydrogens (tertiary/aromatic N) is 3. The molecular formula is C19H12ClF3N6O2. The third-order valence-electron chi connectivity index (χ3n) is 4.07. The molecule has 0 fully saturated rings. The molecule has 0 bridgehead atoms. The molecule has 4 aromatic rings. The molecule has 0 atom stereocenters. The molecule has 3 N–H and O–H groups in total. The molecule has 2 amide bonds. The normalized spacial score (nSPS) is 11.4. The van der Waals surface area contributed by atoms with E-state index in [4.69, 9.17) is 16.3 Å². The van der Waals surface area contributed by atoms with Crippen LogP contribution in [0.3, 0.4) is 0 Å². The van der Waals surface area contributed by atoms with Crippen molar-refractivity contribution in [2.75, 3.05) is 10.6 Å². The number of carbonyl (C=O) groups is 1. The molecule has 12 heteroatoms. The summed E-state index contributed by atoms with van der Waals surface area (Å²) in [5.74, 6) is 0.776. The Morgan fingerprint density at radius 1 is 1.03 bits per heavy atom. The first kappa shape index (κ1) is 20.4. The van der Waals surface area contributed by atoms with E-state index in [9.17, 15) is 18.0 Å². The van der Waals surface area contributed by atoms with Crippen LogP contribution in [-0.4, -0.2) is 26.2 Å². The maximum absolute atomic E-state index is 12.8. The topological polar surface area (TPSA) is 105 Å². The molecule has 4 rings (SSSR count). The van der Waals surface area contributed by atoms with E-state index in [0.29, 0.717) is 28.4 Å². The number of nitrogens with one attached hydrogen (secondary N) is 3. The lowest BCUT2D eigenvalue weighted by Gasteiger charge is -2.12. The van der Waals surface area contributed by atoms with Gasteiger partial charge in [0.1, 0.15) is 17.5 Å². The van der Waals surface area contributed by atoms with Gasteiger partial charge in [-0.3, -0.25) is 5.10 Å². The van der Waals surface area contributed by atoms with Gasteiger partial charge in [0, 0.05) is 11.4 Å². The van der Waals surface area contributed by atoms with E-state index in [-0.39, 0.29) is 5.69 Å². The van der Waals surface area contributed by atoms with Crippen molar-refractivity contribution < 1.29 is 22.7 Å². The molecule has 0 aliphatic rings. The van der Waals surface area contributed by atoms with Crippen molar-refractivity contribution in [1.29, 1.82) is 0 Å². The Morgan fingerprint density at radius 2 is 1.74 bits per heavy atom. The summed E-state index contributed by atoms with van der Waals surface area (Å²) in [6.07, 6.45) is -1.70. The van der Waals surface area contributed by atoms with Crippen LogP contribution in [0.15, 0.2) is 55.0 Å². The van der Waals surface area contributed by atoms with Crippen LogP contribution in [0.1, 0.15) is 5.56 Å². The molecule has 0 aliphatic carbocycles. The number of hydrogen-bond acceptors (Lipinski definition) is 5. The van der Waals surface area contributed by atoms with E-state index in [1.165, 1.54) is 6.33 Å². The van der Waals surface area contributed by atoms with Crippen molar-refractivity contribution in [2.45, 2.75) is 6.18 Å². The lowest BCUT2D eigenvalue weighted by atomic mass is 10.2. The predicted molar refractivity (Wildman–Crippen MR) is 107 cm³/mol. The predicted octanol–water partition coefficient (Wildman–Crippen LogP) is 5.46. The maximum Gasteiger partial charge on any atom is 0.417 e. The molecule has 0 radical (unpaired) electrons. The highest BCUT2D eigenvalue weighted by Crippen LogP contribution is 2.36. The zero-order chi connectivity index (χ0) is 22.0. The minimum Gasteiger partial charge on any atom is -0.438 e. The largest absolute Gasteiger partial charge is 0.438 e. The molecule has 0 unspecified atom stereocenters. The number of rotatable bonds is 4. The summed E-state index contributed by atoms with van der Waals surface area (Å²) in [4.78, 5) is 20.2. The Hall–Kier alpha value is -3.86. The molecule has 2 aromatic carbocycles. The SMILES string of the molecule is O=C(Nc1ccc(Oc2ncnc3[nH]ncc23)cc1)Nc1ccc(C(F)(F)F)c(Cl)c1. The van der Waals surface area contributed by atoms with Crippen LogP contribution < -0.4 is 15.4 Å². The minimum absolute atomic E-state index is 0.114. The van der Waals surface area contributed by atoms with E-state index in [1.54, 1.807) is 30.5 Å². The van der Waals surface area contributed by atoms with Crippen LogP contribution in [0.5, 0.6) is 11.6 Å². The fourth-order valence-electron chi connectivity index (χ4n) is 2.66. The molecular weight excluding hydrogens is 437 g/mol. The zero-order valence-electron chi connectivity index (χ0n) is 15.4. The zero-order valence-corrected chi connectivity index (χ0v) is 16.1. The number of ether oxygens (including phenoxy) is 1. The van der Waals surface area contributed by atoms with Crippen LogP contribution in [0.4, 0.5) is 29.3 Å². The number of H-pyrrole nitrogens is 1. The van der Waals surface area contributed by atoms with Crippen molar-refractivity contribution in [3.63, 3.8) is 0 Å². The number of carbonyl (C=O) groups excluding carboxylic acids is 1. The van der Waals surface area contributed by atoms with E-state index in [2.05, 4.69) is 30.8 Å². The molecule has 0 spiro atoms. The highest BCUT2D eigenvalue weighted by Gasteiger charge is 2.33. The van der Waals surface area contributed by atoms with Gasteiger partial charge in [0.15, 0.2) is 5.65 Å². The Kier molecular flexibility index (Phi) is 5.34. The summed E-state index contributed by atoms with van der Waals surface area (Å²) in [6, 6.07) is 8.68. The van der Waals surface area contributed by atoms with Crippen LogP contribution in [0.2, 0.25) is 5.02 Å². The van der Waals surface area contributed by atoms with Gasteiger partial charge in [0.25, 0.3) is 0 Å². The fourth-order valence-corrected chi connectivity index (χ4v) is 2.95. The molecule has 2 aromatic heterocycles. The smallest absolute Gasteiger partial charge is 0.417 e. The number of anilines is 2. The summed E-state index contributed by atoms with van der Waals surface area (Å²) < 4.78 is 44.0. The average Bonchev–Trinajstić information content (AvgIpc) is 3.18. The third kappa shape index (κ3) is 4.67. The molecule has 31 heavy (non-hydrogen) atoms. The first-order chi connectivity index (χ1) is 14.8. The van der Waals surface area contributed by atoms with Gasteiger partial charge in [0.05, 0.1) is 16.8 Å². The first-order valence-electron chi connectivity index (χ1n) is 8.66.